The minimum absolute atomic E-state index is 0.299. The zero-order valence-electron chi connectivity index (χ0n) is 37.9. The van der Waals surface area contributed by atoms with Crippen LogP contribution >= 0.6 is 22.7 Å². The van der Waals surface area contributed by atoms with Crippen molar-refractivity contribution >= 4 is 34.6 Å². The molecule has 5 aromatic carbocycles. The second kappa shape index (κ2) is 21.6. The van der Waals surface area contributed by atoms with E-state index in [1.54, 1.807) is 22.7 Å². The Hall–Kier alpha value is -5.84. The van der Waals surface area contributed by atoms with Gasteiger partial charge in [0.25, 0.3) is 0 Å². The number of aryl methyl sites for hydroxylation is 1. The molecule has 0 aliphatic carbocycles. The number of thiophene rings is 2. The predicted molar refractivity (Wildman–Crippen MR) is 268 cm³/mol. The Kier molecular flexibility index (Phi) is 14.9. The van der Waals surface area contributed by atoms with E-state index in [0.29, 0.717) is 58.4 Å². The molecule has 0 atom stereocenters. The molecule has 0 spiro atoms. The smallest absolute Gasteiger partial charge is 0.319 e. The highest BCUT2D eigenvalue weighted by atomic mass is 32.1. The highest BCUT2D eigenvalue weighted by Crippen LogP contribution is 2.37. The van der Waals surface area contributed by atoms with Gasteiger partial charge in [0.1, 0.15) is 11.5 Å². The van der Waals surface area contributed by atoms with Gasteiger partial charge in [0, 0.05) is 66.6 Å². The van der Waals surface area contributed by atoms with Crippen molar-refractivity contribution in [3.63, 3.8) is 0 Å². The maximum absolute atomic E-state index is 13.1. The van der Waals surface area contributed by atoms with Crippen LogP contribution in [0, 0.1) is 17.8 Å². The summed E-state index contributed by atoms with van der Waals surface area (Å²) in [5, 5.41) is 4.18. The van der Waals surface area contributed by atoms with Crippen LogP contribution in [-0.2, 0) is 46.7 Å². The van der Waals surface area contributed by atoms with Crippen LogP contribution in [-0.4, -0.2) is 61.1 Å². The number of rotatable bonds is 20. The summed E-state index contributed by atoms with van der Waals surface area (Å²) < 4.78 is 18.2. The maximum Gasteiger partial charge on any atom is 0.319 e. The van der Waals surface area contributed by atoms with E-state index >= 15 is 0 Å². The molecule has 0 N–H and O–H groups in total. The number of hydrogen-bond donors (Lipinski definition) is 0. The van der Waals surface area contributed by atoms with Crippen LogP contribution in [0.2, 0.25) is 0 Å². The van der Waals surface area contributed by atoms with Gasteiger partial charge >= 0.3 is 11.9 Å². The first-order chi connectivity index (χ1) is 32.3. The van der Waals surface area contributed by atoms with Crippen molar-refractivity contribution in [2.45, 2.75) is 52.6 Å². The Labute approximate surface area is 397 Å². The van der Waals surface area contributed by atoms with E-state index in [1.165, 1.54) is 32.7 Å². The fraction of sp³-hybridized carbons (Fsp3) is 0.298. The second-order valence-corrected chi connectivity index (χ2v) is 20.1. The molecule has 2 aliphatic heterocycles. The van der Waals surface area contributed by atoms with Gasteiger partial charge in [0.2, 0.25) is 0 Å². The van der Waals surface area contributed by atoms with Crippen LogP contribution in [0.15, 0.2) is 150 Å². The third-order valence-corrected chi connectivity index (χ3v) is 14.3. The second-order valence-electron chi connectivity index (χ2n) is 18.2. The monoisotopic (exact) mass is 914 g/mol. The molecule has 2 saturated heterocycles. The Morgan fingerprint density at radius 3 is 1.56 bits per heavy atom. The Balaban J connectivity index is 0.706. The van der Waals surface area contributed by atoms with E-state index in [1.807, 2.05) is 6.07 Å². The summed E-state index contributed by atoms with van der Waals surface area (Å²) >= 11 is 3.40. The Bertz CT molecular complexity index is 2650. The first-order valence-electron chi connectivity index (χ1n) is 23.3. The predicted octanol–water partition coefficient (Wildman–Crippen LogP) is 12.3. The van der Waals surface area contributed by atoms with Crippen LogP contribution in [0.5, 0.6) is 11.5 Å². The van der Waals surface area contributed by atoms with Gasteiger partial charge in [-0.15, -0.1) is 22.7 Å². The van der Waals surface area contributed by atoms with Crippen molar-refractivity contribution in [3.8, 4) is 43.5 Å². The normalized spacial score (nSPS) is 14.5. The van der Waals surface area contributed by atoms with Crippen molar-refractivity contribution in [2.75, 3.05) is 39.4 Å². The first-order valence-corrected chi connectivity index (χ1v) is 25.1. The summed E-state index contributed by atoms with van der Waals surface area (Å²) in [5.74, 6) is 0.993. The number of esters is 2. The molecule has 9 heteroatoms. The van der Waals surface area contributed by atoms with Crippen molar-refractivity contribution in [2.24, 2.45) is 17.8 Å². The number of hydrogen-bond acceptors (Lipinski definition) is 9. The highest BCUT2D eigenvalue weighted by Gasteiger charge is 2.39. The van der Waals surface area contributed by atoms with E-state index < -0.39 is 11.9 Å². The topological polar surface area (TPSA) is 68.3 Å². The van der Waals surface area contributed by atoms with Crippen LogP contribution < -0.4 is 9.47 Å². The lowest BCUT2D eigenvalue weighted by molar-refractivity contribution is -0.172. The molecule has 0 saturated carbocycles. The summed E-state index contributed by atoms with van der Waals surface area (Å²) in [6.07, 6.45) is 3.84. The van der Waals surface area contributed by atoms with Crippen LogP contribution in [0.4, 0.5) is 0 Å². The summed E-state index contributed by atoms with van der Waals surface area (Å²) in [7, 11) is 0. The summed E-state index contributed by atoms with van der Waals surface area (Å²) in [6.45, 7) is 9.43. The van der Waals surface area contributed by atoms with Crippen LogP contribution in [0.1, 0.15) is 48.1 Å². The molecule has 9 rings (SSSR count). The average Bonchev–Trinajstić information content (AvgIpc) is 4.05. The largest absolute Gasteiger partial charge is 0.493 e. The molecule has 0 amide bonds. The molecular formula is C57H58N2O5S2. The van der Waals surface area contributed by atoms with Crippen molar-refractivity contribution in [1.29, 1.82) is 0 Å². The van der Waals surface area contributed by atoms with Crippen LogP contribution in [0.3, 0.4) is 0 Å². The van der Waals surface area contributed by atoms with Gasteiger partial charge in [-0.1, -0.05) is 117 Å². The minimum Gasteiger partial charge on any atom is -0.493 e. The maximum atomic E-state index is 13.1. The molecule has 0 unspecified atom stereocenters. The van der Waals surface area contributed by atoms with Gasteiger partial charge in [-0.2, -0.15) is 0 Å². The zero-order valence-corrected chi connectivity index (χ0v) is 39.5. The highest BCUT2D eigenvalue weighted by molar-refractivity contribution is 7.13. The molecule has 0 bridgehead atoms. The van der Waals surface area contributed by atoms with Gasteiger partial charge < -0.3 is 14.2 Å². The molecule has 2 fully saturated rings. The number of ether oxygens (including phenoxy) is 3. The van der Waals surface area contributed by atoms with Gasteiger partial charge in [0.15, 0.2) is 0 Å². The molecule has 4 heterocycles. The SMILES string of the molecule is CC(C)Cc1ccc(CCCOc2ccc(CN3CC(C(=O)OC(=O)C4CN(Cc5ccc(OCCc6ccc(-c7ccccc7)cc6)c(-c6cccs6)c5)C4)C3)cc2-c2cccs2)cc1. The first kappa shape index (κ1) is 45.3. The fourth-order valence-electron chi connectivity index (χ4n) is 8.87. The molecule has 2 aliphatic rings. The standard InChI is InChI=1S/C57H58N2O5S2/c1-40(2)31-43-16-14-41(15-17-43)9-6-27-62-52-24-20-44(32-50(52)54-12-7-29-65-54)34-58-36-48(37-58)56(60)64-57(61)49-38-59(39-49)35-45-21-25-53(51(33-45)55-13-8-30-66-55)63-28-26-42-18-22-47(23-19-42)46-10-4-3-5-11-46/h3-5,7-8,10-25,29-30,32-33,40,48-49H,6,9,26-28,31,34-39H2,1-2H3. The van der Waals surface area contributed by atoms with Crippen LogP contribution in [0.25, 0.3) is 32.0 Å². The lowest BCUT2D eigenvalue weighted by atomic mass is 9.97. The molecule has 338 valence electrons. The summed E-state index contributed by atoms with van der Waals surface area (Å²) in [6, 6.07) is 49.3. The minimum atomic E-state index is -0.414. The fourth-order valence-corrected chi connectivity index (χ4v) is 10.4. The van der Waals surface area contributed by atoms with E-state index in [-0.39, 0.29) is 11.8 Å². The molecule has 7 nitrogen and oxygen atoms in total. The van der Waals surface area contributed by atoms with Crippen molar-refractivity contribution in [3.05, 3.63) is 178 Å². The number of likely N-dealkylation sites (tertiary alicyclic amines) is 2. The van der Waals surface area contributed by atoms with Crippen molar-refractivity contribution < 1.29 is 23.8 Å². The molecule has 66 heavy (non-hydrogen) atoms. The molecule has 7 aromatic rings. The zero-order chi connectivity index (χ0) is 45.2. The lowest BCUT2D eigenvalue weighted by Gasteiger charge is -2.39. The quantitative estimate of drug-likeness (QED) is 0.0429. The van der Waals surface area contributed by atoms with E-state index in [9.17, 15) is 9.59 Å². The summed E-state index contributed by atoms with van der Waals surface area (Å²) in [5.41, 5.74) is 10.9. The molecule has 0 radical (unpaired) electrons. The molecular weight excluding hydrogens is 857 g/mol. The lowest BCUT2D eigenvalue weighted by Crippen LogP contribution is -2.53. The van der Waals surface area contributed by atoms with E-state index in [4.69, 9.17) is 14.2 Å². The van der Waals surface area contributed by atoms with Gasteiger partial charge in [-0.05, 0) is 111 Å². The van der Waals surface area contributed by atoms with E-state index in [0.717, 1.165) is 64.3 Å². The third-order valence-electron chi connectivity index (χ3n) is 12.5. The third kappa shape index (κ3) is 11.8. The van der Waals surface area contributed by atoms with Gasteiger partial charge in [0.05, 0.1) is 25.0 Å². The summed E-state index contributed by atoms with van der Waals surface area (Å²) in [4.78, 5) is 32.9. The van der Waals surface area contributed by atoms with Gasteiger partial charge in [-0.3, -0.25) is 19.4 Å². The number of carbonyl (C=O) groups is 2. The number of benzene rings is 5. The average molecular weight is 915 g/mol. The number of carbonyl (C=O) groups excluding carboxylic acids is 2. The molecule has 2 aromatic heterocycles. The van der Waals surface area contributed by atoms with Gasteiger partial charge in [-0.25, -0.2) is 0 Å². The number of nitrogens with zero attached hydrogens (tertiary/aromatic N) is 2. The Morgan fingerprint density at radius 1 is 0.545 bits per heavy atom. The Morgan fingerprint density at radius 2 is 1.03 bits per heavy atom. The van der Waals surface area contributed by atoms with Crippen molar-refractivity contribution in [1.82, 2.24) is 9.80 Å². The van der Waals surface area contributed by atoms with E-state index in [2.05, 4.69) is 168 Å².